The molecule has 0 heterocycles. The van der Waals surface area contributed by atoms with Crippen molar-refractivity contribution in [2.24, 2.45) is 0 Å². The van der Waals surface area contributed by atoms with Crippen LogP contribution < -0.4 is 5.73 Å². The molecule has 0 radical (unpaired) electrons. The molecule has 0 saturated heterocycles. The maximum atomic E-state index is 11.8. The highest BCUT2D eigenvalue weighted by Crippen LogP contribution is 2.13. The van der Waals surface area contributed by atoms with Gasteiger partial charge in [-0.3, -0.25) is 9.63 Å². The van der Waals surface area contributed by atoms with Crippen LogP contribution in [0.25, 0.3) is 0 Å². The van der Waals surface area contributed by atoms with E-state index in [1.165, 1.54) is 12.2 Å². The first-order chi connectivity index (χ1) is 8.19. The third kappa shape index (κ3) is 4.07. The molecule has 0 spiro atoms. The van der Waals surface area contributed by atoms with Crippen molar-refractivity contribution in [3.8, 4) is 0 Å². The lowest BCUT2D eigenvalue weighted by Gasteiger charge is -2.18. The fourth-order valence-electron chi connectivity index (χ4n) is 1.65. The van der Waals surface area contributed by atoms with Gasteiger partial charge in [0, 0.05) is 18.7 Å². The second-order valence-electron chi connectivity index (χ2n) is 3.88. The van der Waals surface area contributed by atoms with E-state index < -0.39 is 0 Å². The number of nitrogens with two attached hydrogens (primary N) is 1. The Kier molecular flexibility index (Phi) is 5.49. The monoisotopic (exact) mass is 236 g/mol. The average molecular weight is 236 g/mol. The molecule has 0 aromatic heterocycles. The van der Waals surface area contributed by atoms with Crippen LogP contribution in [0.4, 0.5) is 5.69 Å². The maximum absolute atomic E-state index is 11.8. The standard InChI is InChI=1S/C13H20N2O2/c1-3-10-15(17-2)13(16)9-8-11-6-4-5-7-12(11)14/h4-7H,3,8-10,14H2,1-2H3. The number of rotatable bonds is 6. The van der Waals surface area contributed by atoms with Crippen LogP contribution in [0.3, 0.4) is 0 Å². The van der Waals surface area contributed by atoms with Gasteiger partial charge in [-0.1, -0.05) is 25.1 Å². The molecule has 4 nitrogen and oxygen atoms in total. The minimum absolute atomic E-state index is 0.00222. The van der Waals surface area contributed by atoms with E-state index in [0.717, 1.165) is 17.7 Å². The zero-order valence-corrected chi connectivity index (χ0v) is 10.5. The number of para-hydroxylation sites is 1. The number of nitrogens with zero attached hydrogens (tertiary/aromatic N) is 1. The number of hydrogen-bond acceptors (Lipinski definition) is 3. The van der Waals surface area contributed by atoms with E-state index in [4.69, 9.17) is 10.6 Å². The summed E-state index contributed by atoms with van der Waals surface area (Å²) in [6, 6.07) is 7.61. The lowest BCUT2D eigenvalue weighted by molar-refractivity contribution is -0.176. The molecular weight excluding hydrogens is 216 g/mol. The Balaban J connectivity index is 2.50. The van der Waals surface area contributed by atoms with Crippen LogP contribution in [0.15, 0.2) is 24.3 Å². The van der Waals surface area contributed by atoms with Gasteiger partial charge < -0.3 is 5.73 Å². The third-order valence-electron chi connectivity index (χ3n) is 2.59. The van der Waals surface area contributed by atoms with E-state index >= 15 is 0 Å². The van der Waals surface area contributed by atoms with E-state index in [9.17, 15) is 4.79 Å². The number of benzene rings is 1. The highest BCUT2D eigenvalue weighted by molar-refractivity contribution is 5.75. The fourth-order valence-corrected chi connectivity index (χ4v) is 1.65. The molecule has 0 fully saturated rings. The molecule has 0 aliphatic rings. The predicted octanol–water partition coefficient (Wildman–Crippen LogP) is 2.00. The smallest absolute Gasteiger partial charge is 0.246 e. The van der Waals surface area contributed by atoms with Crippen molar-refractivity contribution in [3.63, 3.8) is 0 Å². The quantitative estimate of drug-likeness (QED) is 0.607. The minimum Gasteiger partial charge on any atom is -0.399 e. The summed E-state index contributed by atoms with van der Waals surface area (Å²) < 4.78 is 0. The number of carbonyl (C=O) groups excluding carboxylic acids is 1. The molecule has 0 aliphatic heterocycles. The summed E-state index contributed by atoms with van der Waals surface area (Å²) in [5.41, 5.74) is 7.56. The number of hydroxylamine groups is 2. The number of carbonyl (C=O) groups is 1. The summed E-state index contributed by atoms with van der Waals surface area (Å²) in [6.45, 7) is 2.63. The Morgan fingerprint density at radius 3 is 2.71 bits per heavy atom. The predicted molar refractivity (Wildman–Crippen MR) is 68.2 cm³/mol. The van der Waals surface area contributed by atoms with Crippen molar-refractivity contribution >= 4 is 11.6 Å². The molecule has 1 amide bonds. The van der Waals surface area contributed by atoms with E-state index in [0.29, 0.717) is 19.4 Å². The highest BCUT2D eigenvalue weighted by Gasteiger charge is 2.12. The first-order valence-corrected chi connectivity index (χ1v) is 5.87. The number of amides is 1. The van der Waals surface area contributed by atoms with Gasteiger partial charge in [-0.05, 0) is 24.5 Å². The van der Waals surface area contributed by atoms with Crippen molar-refractivity contribution < 1.29 is 9.63 Å². The average Bonchev–Trinajstić information content (AvgIpc) is 2.34. The molecule has 0 unspecified atom stereocenters. The van der Waals surface area contributed by atoms with Crippen LogP contribution in [0.2, 0.25) is 0 Å². The summed E-state index contributed by atoms with van der Waals surface area (Å²) in [5.74, 6) is -0.00222. The van der Waals surface area contributed by atoms with Crippen molar-refractivity contribution in [2.45, 2.75) is 26.2 Å². The second kappa shape index (κ2) is 6.91. The molecule has 1 rings (SSSR count). The Bertz CT molecular complexity index is 366. The summed E-state index contributed by atoms with van der Waals surface area (Å²) in [6.07, 6.45) is 1.95. The first kappa shape index (κ1) is 13.5. The van der Waals surface area contributed by atoms with Crippen molar-refractivity contribution in [2.75, 3.05) is 19.4 Å². The largest absolute Gasteiger partial charge is 0.399 e. The van der Waals surface area contributed by atoms with Crippen LogP contribution in [0, 0.1) is 0 Å². The molecule has 0 aliphatic carbocycles. The van der Waals surface area contributed by atoms with Crippen molar-refractivity contribution in [1.29, 1.82) is 0 Å². The maximum Gasteiger partial charge on any atom is 0.246 e. The summed E-state index contributed by atoms with van der Waals surface area (Å²) in [5, 5.41) is 1.40. The molecule has 2 N–H and O–H groups in total. The van der Waals surface area contributed by atoms with E-state index in [-0.39, 0.29) is 5.91 Å². The van der Waals surface area contributed by atoms with Gasteiger partial charge in [-0.2, -0.15) is 0 Å². The van der Waals surface area contributed by atoms with Gasteiger partial charge in [0.05, 0.1) is 7.11 Å². The summed E-state index contributed by atoms with van der Waals surface area (Å²) in [4.78, 5) is 16.8. The molecule has 0 saturated carbocycles. The SMILES string of the molecule is CCCN(OC)C(=O)CCc1ccccc1N. The van der Waals surface area contributed by atoms with E-state index in [1.807, 2.05) is 31.2 Å². The lowest BCUT2D eigenvalue weighted by Crippen LogP contribution is -2.30. The zero-order valence-electron chi connectivity index (χ0n) is 10.5. The molecule has 4 heteroatoms. The molecular formula is C13H20N2O2. The summed E-state index contributed by atoms with van der Waals surface area (Å²) >= 11 is 0. The van der Waals surface area contributed by atoms with Crippen LogP contribution in [-0.2, 0) is 16.1 Å². The Labute approximate surface area is 102 Å². The van der Waals surface area contributed by atoms with Gasteiger partial charge in [-0.25, -0.2) is 5.06 Å². The number of anilines is 1. The zero-order chi connectivity index (χ0) is 12.7. The Morgan fingerprint density at radius 1 is 1.41 bits per heavy atom. The third-order valence-corrected chi connectivity index (χ3v) is 2.59. The number of nitrogen functional groups attached to an aromatic ring is 1. The molecule has 0 bridgehead atoms. The van der Waals surface area contributed by atoms with Gasteiger partial charge in [0.25, 0.3) is 0 Å². The van der Waals surface area contributed by atoms with Crippen molar-refractivity contribution in [1.82, 2.24) is 5.06 Å². The van der Waals surface area contributed by atoms with Crippen molar-refractivity contribution in [3.05, 3.63) is 29.8 Å². The number of aryl methyl sites for hydroxylation is 1. The Morgan fingerprint density at radius 2 is 2.12 bits per heavy atom. The van der Waals surface area contributed by atoms with Crippen LogP contribution in [-0.4, -0.2) is 24.6 Å². The van der Waals surface area contributed by atoms with Gasteiger partial charge in [-0.15, -0.1) is 0 Å². The minimum atomic E-state index is -0.00222. The topological polar surface area (TPSA) is 55.6 Å². The van der Waals surface area contributed by atoms with Gasteiger partial charge in [0.15, 0.2) is 0 Å². The second-order valence-corrected chi connectivity index (χ2v) is 3.88. The van der Waals surface area contributed by atoms with Crippen LogP contribution >= 0.6 is 0 Å². The molecule has 94 valence electrons. The van der Waals surface area contributed by atoms with E-state index in [1.54, 1.807) is 0 Å². The lowest BCUT2D eigenvalue weighted by atomic mass is 10.1. The van der Waals surface area contributed by atoms with Crippen LogP contribution in [0.5, 0.6) is 0 Å². The molecule has 1 aromatic carbocycles. The molecule has 17 heavy (non-hydrogen) atoms. The van der Waals surface area contributed by atoms with Gasteiger partial charge >= 0.3 is 0 Å². The molecule has 1 aromatic rings. The summed E-state index contributed by atoms with van der Waals surface area (Å²) in [7, 11) is 1.52. The van der Waals surface area contributed by atoms with Crippen LogP contribution in [0.1, 0.15) is 25.3 Å². The first-order valence-electron chi connectivity index (χ1n) is 5.87. The number of hydrogen-bond donors (Lipinski definition) is 1. The highest BCUT2D eigenvalue weighted by atomic mass is 16.7. The normalized spacial score (nSPS) is 10.2. The fraction of sp³-hybridized carbons (Fsp3) is 0.462. The molecule has 0 atom stereocenters. The van der Waals surface area contributed by atoms with Gasteiger partial charge in [0.1, 0.15) is 0 Å². The van der Waals surface area contributed by atoms with E-state index in [2.05, 4.69) is 0 Å². The van der Waals surface area contributed by atoms with Gasteiger partial charge in [0.2, 0.25) is 5.91 Å². The Hall–Kier alpha value is -1.55.